The van der Waals surface area contributed by atoms with Crippen molar-refractivity contribution in [2.24, 2.45) is 0 Å². The summed E-state index contributed by atoms with van der Waals surface area (Å²) in [6, 6.07) is 7.71. The number of halogens is 1. The molecule has 1 aliphatic heterocycles. The molecular formula is C10H11ClO2. The average molecular weight is 199 g/mol. The number of hydrogen-bond donors (Lipinski definition) is 0. The molecule has 1 unspecified atom stereocenters. The van der Waals surface area contributed by atoms with Crippen molar-refractivity contribution in [2.45, 2.75) is 6.10 Å². The molecule has 1 fully saturated rings. The fraction of sp³-hybridized carbons (Fsp3) is 0.400. The first kappa shape index (κ1) is 9.00. The molecule has 1 atom stereocenters. The molecule has 2 rings (SSSR count). The summed E-state index contributed by atoms with van der Waals surface area (Å²) >= 11 is 6.02. The van der Waals surface area contributed by atoms with Crippen molar-refractivity contribution in [3.8, 4) is 0 Å². The van der Waals surface area contributed by atoms with E-state index < -0.39 is 0 Å². The Kier molecular flexibility index (Phi) is 2.83. The predicted molar refractivity (Wildman–Crippen MR) is 51.0 cm³/mol. The van der Waals surface area contributed by atoms with Crippen molar-refractivity contribution in [3.63, 3.8) is 0 Å². The minimum atomic E-state index is 0.00227. The standard InChI is InChI=1S/C10H11ClO2/c11-9-4-2-1-3-8(9)10-7-12-5-6-13-10/h1-4,10H,5-7H2. The topological polar surface area (TPSA) is 18.5 Å². The molecule has 13 heavy (non-hydrogen) atoms. The van der Waals surface area contributed by atoms with E-state index in [2.05, 4.69) is 0 Å². The summed E-state index contributed by atoms with van der Waals surface area (Å²) in [4.78, 5) is 0. The Balaban J connectivity index is 2.18. The lowest BCUT2D eigenvalue weighted by Crippen LogP contribution is -2.22. The molecule has 70 valence electrons. The highest BCUT2D eigenvalue weighted by molar-refractivity contribution is 6.31. The van der Waals surface area contributed by atoms with Crippen molar-refractivity contribution >= 4 is 11.6 Å². The molecule has 3 heteroatoms. The number of rotatable bonds is 1. The Labute approximate surface area is 82.4 Å². The van der Waals surface area contributed by atoms with Gasteiger partial charge >= 0.3 is 0 Å². The van der Waals surface area contributed by atoms with Crippen LogP contribution < -0.4 is 0 Å². The Morgan fingerprint density at radius 1 is 1.23 bits per heavy atom. The van der Waals surface area contributed by atoms with Crippen molar-refractivity contribution in [3.05, 3.63) is 34.9 Å². The van der Waals surface area contributed by atoms with E-state index in [0.29, 0.717) is 19.8 Å². The van der Waals surface area contributed by atoms with E-state index in [1.807, 2.05) is 24.3 Å². The number of benzene rings is 1. The molecule has 1 saturated heterocycles. The number of hydrogen-bond acceptors (Lipinski definition) is 2. The van der Waals surface area contributed by atoms with Gasteiger partial charge in [0.2, 0.25) is 0 Å². The van der Waals surface area contributed by atoms with Crippen LogP contribution in [0, 0.1) is 0 Å². The van der Waals surface area contributed by atoms with Crippen LogP contribution in [0.15, 0.2) is 24.3 Å². The van der Waals surface area contributed by atoms with E-state index in [4.69, 9.17) is 21.1 Å². The monoisotopic (exact) mass is 198 g/mol. The summed E-state index contributed by atoms with van der Waals surface area (Å²) in [6.07, 6.45) is 0.00227. The summed E-state index contributed by atoms with van der Waals surface area (Å²) < 4.78 is 10.8. The van der Waals surface area contributed by atoms with Gasteiger partial charge in [0.25, 0.3) is 0 Å². The zero-order chi connectivity index (χ0) is 9.10. The molecule has 1 heterocycles. The highest BCUT2D eigenvalue weighted by Crippen LogP contribution is 2.26. The van der Waals surface area contributed by atoms with Gasteiger partial charge in [0.15, 0.2) is 0 Å². The third-order valence-electron chi connectivity index (χ3n) is 2.07. The summed E-state index contributed by atoms with van der Waals surface area (Å²) in [5.74, 6) is 0. The molecular weight excluding hydrogens is 188 g/mol. The van der Waals surface area contributed by atoms with Gasteiger partial charge in [-0.25, -0.2) is 0 Å². The molecule has 0 saturated carbocycles. The van der Waals surface area contributed by atoms with Gasteiger partial charge in [0.1, 0.15) is 6.10 Å². The van der Waals surface area contributed by atoms with Crippen molar-refractivity contribution in [1.29, 1.82) is 0 Å². The maximum atomic E-state index is 6.02. The lowest BCUT2D eigenvalue weighted by Gasteiger charge is -2.23. The Hall–Kier alpha value is -0.570. The highest BCUT2D eigenvalue weighted by Gasteiger charge is 2.18. The van der Waals surface area contributed by atoms with Gasteiger partial charge < -0.3 is 9.47 Å². The number of ether oxygens (including phenoxy) is 2. The van der Waals surface area contributed by atoms with Crippen LogP contribution in [0.5, 0.6) is 0 Å². The minimum Gasteiger partial charge on any atom is -0.376 e. The van der Waals surface area contributed by atoms with Gasteiger partial charge in [-0.2, -0.15) is 0 Å². The second-order valence-corrected chi connectivity index (χ2v) is 3.36. The third kappa shape index (κ3) is 2.02. The summed E-state index contributed by atoms with van der Waals surface area (Å²) in [5, 5.41) is 0.748. The first-order valence-corrected chi connectivity index (χ1v) is 4.69. The van der Waals surface area contributed by atoms with E-state index in [0.717, 1.165) is 10.6 Å². The molecule has 0 aromatic heterocycles. The van der Waals surface area contributed by atoms with Crippen LogP contribution in [0.25, 0.3) is 0 Å². The van der Waals surface area contributed by atoms with Gasteiger partial charge in [0.05, 0.1) is 19.8 Å². The first-order valence-electron chi connectivity index (χ1n) is 4.31. The van der Waals surface area contributed by atoms with E-state index in [-0.39, 0.29) is 6.10 Å². The molecule has 1 aromatic rings. The largest absolute Gasteiger partial charge is 0.376 e. The van der Waals surface area contributed by atoms with Crippen LogP contribution in [0.1, 0.15) is 11.7 Å². The lowest BCUT2D eigenvalue weighted by atomic mass is 10.1. The minimum absolute atomic E-state index is 0.00227. The normalized spacial score (nSPS) is 23.0. The van der Waals surface area contributed by atoms with Gasteiger partial charge in [-0.1, -0.05) is 29.8 Å². The van der Waals surface area contributed by atoms with Gasteiger partial charge in [-0.3, -0.25) is 0 Å². The quantitative estimate of drug-likeness (QED) is 0.690. The SMILES string of the molecule is Clc1ccccc1C1COCCO1. The van der Waals surface area contributed by atoms with Crippen LogP contribution in [-0.2, 0) is 9.47 Å². The summed E-state index contributed by atoms with van der Waals surface area (Å²) in [6.45, 7) is 1.93. The summed E-state index contributed by atoms with van der Waals surface area (Å²) in [7, 11) is 0. The van der Waals surface area contributed by atoms with Crippen molar-refractivity contribution in [1.82, 2.24) is 0 Å². The van der Waals surface area contributed by atoms with Crippen molar-refractivity contribution in [2.75, 3.05) is 19.8 Å². The lowest BCUT2D eigenvalue weighted by molar-refractivity contribution is -0.0901. The summed E-state index contributed by atoms with van der Waals surface area (Å²) in [5.41, 5.74) is 1.02. The van der Waals surface area contributed by atoms with Crippen LogP contribution >= 0.6 is 11.6 Å². The molecule has 2 nitrogen and oxygen atoms in total. The Morgan fingerprint density at radius 2 is 2.08 bits per heavy atom. The average Bonchev–Trinajstić information content (AvgIpc) is 2.20. The van der Waals surface area contributed by atoms with Crippen molar-refractivity contribution < 1.29 is 9.47 Å². The molecule has 0 amide bonds. The molecule has 1 aliphatic rings. The molecule has 0 bridgehead atoms. The maximum absolute atomic E-state index is 6.02. The highest BCUT2D eigenvalue weighted by atomic mass is 35.5. The van der Waals surface area contributed by atoms with Crippen LogP contribution in [0.4, 0.5) is 0 Å². The molecule has 1 aromatic carbocycles. The van der Waals surface area contributed by atoms with Gasteiger partial charge in [0, 0.05) is 10.6 Å². The van der Waals surface area contributed by atoms with E-state index in [1.54, 1.807) is 0 Å². The zero-order valence-electron chi connectivity index (χ0n) is 7.20. The maximum Gasteiger partial charge on any atom is 0.107 e. The Morgan fingerprint density at radius 3 is 2.77 bits per heavy atom. The van der Waals surface area contributed by atoms with Crippen LogP contribution in [0.2, 0.25) is 5.02 Å². The van der Waals surface area contributed by atoms with Crippen LogP contribution in [0.3, 0.4) is 0 Å². The molecule has 0 radical (unpaired) electrons. The van der Waals surface area contributed by atoms with E-state index in [1.165, 1.54) is 0 Å². The fourth-order valence-electron chi connectivity index (χ4n) is 1.40. The van der Waals surface area contributed by atoms with Gasteiger partial charge in [-0.15, -0.1) is 0 Å². The smallest absolute Gasteiger partial charge is 0.107 e. The third-order valence-corrected chi connectivity index (χ3v) is 2.41. The van der Waals surface area contributed by atoms with Crippen LogP contribution in [-0.4, -0.2) is 19.8 Å². The van der Waals surface area contributed by atoms with E-state index >= 15 is 0 Å². The second-order valence-electron chi connectivity index (χ2n) is 2.96. The molecule has 0 aliphatic carbocycles. The molecule has 0 N–H and O–H groups in total. The van der Waals surface area contributed by atoms with E-state index in [9.17, 15) is 0 Å². The first-order chi connectivity index (χ1) is 6.38. The van der Waals surface area contributed by atoms with Gasteiger partial charge in [-0.05, 0) is 6.07 Å². The fourth-order valence-corrected chi connectivity index (χ4v) is 1.66. The Bertz CT molecular complexity index is 282. The predicted octanol–water partition coefficient (Wildman–Crippen LogP) is 2.43. The zero-order valence-corrected chi connectivity index (χ0v) is 7.96. The second kappa shape index (κ2) is 4.09. The molecule has 0 spiro atoms.